The quantitative estimate of drug-likeness (QED) is 0.438. The van der Waals surface area contributed by atoms with Gasteiger partial charge in [-0.1, -0.05) is 66.7 Å². The summed E-state index contributed by atoms with van der Waals surface area (Å²) in [5.41, 5.74) is 3.23. The van der Waals surface area contributed by atoms with Crippen molar-refractivity contribution >= 4 is 35.3 Å². The number of phenols is 1. The maximum Gasteiger partial charge on any atom is 0.140 e. The van der Waals surface area contributed by atoms with Gasteiger partial charge < -0.3 is 9.67 Å². The number of benzene rings is 3. The van der Waals surface area contributed by atoms with E-state index in [9.17, 15) is 9.67 Å². The van der Waals surface area contributed by atoms with Crippen LogP contribution < -0.4 is 5.44 Å². The molecule has 0 spiro atoms. The van der Waals surface area contributed by atoms with E-state index in [0.29, 0.717) is 28.7 Å². The van der Waals surface area contributed by atoms with E-state index < -0.39 is 7.14 Å². The first-order valence-corrected chi connectivity index (χ1v) is 11.1. The predicted octanol–water partition coefficient (Wildman–Crippen LogP) is 5.74. The summed E-state index contributed by atoms with van der Waals surface area (Å²) >= 11 is 6.58. The molecule has 3 nitrogen and oxygen atoms in total. The van der Waals surface area contributed by atoms with Gasteiger partial charge in [0.25, 0.3) is 0 Å². The average molecular weight is 396 g/mol. The van der Waals surface area contributed by atoms with E-state index in [4.69, 9.17) is 11.8 Å². The fourth-order valence-electron chi connectivity index (χ4n) is 3.42. The van der Waals surface area contributed by atoms with Crippen molar-refractivity contribution in [3.05, 3.63) is 96.1 Å². The smallest absolute Gasteiger partial charge is 0.140 e. The largest absolute Gasteiger partial charge is 0.507 e. The Labute approximate surface area is 163 Å². The highest BCUT2D eigenvalue weighted by Gasteiger charge is 2.30. The summed E-state index contributed by atoms with van der Waals surface area (Å²) < 4.78 is 15.7. The molecule has 5 heteroatoms. The number of halogens is 1. The Balaban J connectivity index is 1.86. The van der Waals surface area contributed by atoms with Crippen molar-refractivity contribution in [2.75, 3.05) is 0 Å². The zero-order valence-corrected chi connectivity index (χ0v) is 16.3. The average Bonchev–Trinajstić information content (AvgIpc) is 3.02. The van der Waals surface area contributed by atoms with E-state index in [1.807, 2.05) is 66.7 Å². The van der Waals surface area contributed by atoms with Gasteiger partial charge in [-0.3, -0.25) is 0 Å². The summed E-state index contributed by atoms with van der Waals surface area (Å²) in [7, 11) is -2.93. The van der Waals surface area contributed by atoms with Crippen LogP contribution in [-0.2, 0) is 16.9 Å². The lowest BCUT2D eigenvalue weighted by molar-refractivity contribution is 0.481. The molecule has 0 aliphatic carbocycles. The van der Waals surface area contributed by atoms with Crippen LogP contribution in [0, 0.1) is 0 Å². The summed E-state index contributed by atoms with van der Waals surface area (Å²) in [6, 6.07) is 26.6. The monoisotopic (exact) mass is 395 g/mol. The number of phenolic OH excluding ortho intramolecular Hbond substituents is 1. The number of aromatic nitrogens is 1. The molecule has 0 unspecified atom stereocenters. The Bertz CT molecular complexity index is 1080. The lowest BCUT2D eigenvalue weighted by Crippen LogP contribution is -2.14. The van der Waals surface area contributed by atoms with Crippen molar-refractivity contribution in [2.45, 2.75) is 12.3 Å². The van der Waals surface area contributed by atoms with E-state index in [0.717, 1.165) is 11.1 Å². The van der Waals surface area contributed by atoms with Crippen LogP contribution in [0.1, 0.15) is 11.1 Å². The second-order valence-electron chi connectivity index (χ2n) is 6.67. The minimum atomic E-state index is -2.93. The Kier molecular flexibility index (Phi) is 4.82. The maximum atomic E-state index is 14.3. The molecule has 1 heterocycles. The van der Waals surface area contributed by atoms with Gasteiger partial charge in [0.15, 0.2) is 0 Å². The minimum absolute atomic E-state index is 0.138. The second kappa shape index (κ2) is 7.26. The Morgan fingerprint density at radius 3 is 1.89 bits per heavy atom. The molecule has 4 rings (SSSR count). The second-order valence-corrected chi connectivity index (χ2v) is 9.88. The number of hydrogen-bond acceptors (Lipinski definition) is 2. The van der Waals surface area contributed by atoms with Crippen LogP contribution in [-0.4, -0.2) is 9.19 Å². The summed E-state index contributed by atoms with van der Waals surface area (Å²) in [6.45, 7) is 0. The van der Waals surface area contributed by atoms with Gasteiger partial charge in [0.1, 0.15) is 12.9 Å². The summed E-state index contributed by atoms with van der Waals surface area (Å²) in [6.07, 6.45) is 0.819. The van der Waals surface area contributed by atoms with Crippen LogP contribution >= 0.6 is 18.9 Å². The predicted molar refractivity (Wildman–Crippen MR) is 112 cm³/mol. The number of fused-ring (bicyclic) bond motifs is 1. The van der Waals surface area contributed by atoms with Crippen LogP contribution in [0.25, 0.3) is 10.9 Å². The van der Waals surface area contributed by atoms with Gasteiger partial charge in [0, 0.05) is 29.5 Å². The first-order valence-electron chi connectivity index (χ1n) is 8.73. The molecule has 1 aromatic heterocycles. The van der Waals surface area contributed by atoms with Crippen LogP contribution in [0.5, 0.6) is 5.75 Å². The van der Waals surface area contributed by atoms with Crippen LogP contribution in [0.3, 0.4) is 0 Å². The van der Waals surface area contributed by atoms with Gasteiger partial charge >= 0.3 is 0 Å². The molecule has 0 atom stereocenters. The first-order chi connectivity index (χ1) is 13.1. The summed E-state index contributed by atoms with van der Waals surface area (Å²) in [4.78, 5) is 0. The molecule has 0 fully saturated rings. The molecular formula is C22H19ClNO2P. The molecule has 0 aliphatic rings. The van der Waals surface area contributed by atoms with Crippen molar-refractivity contribution < 1.29 is 9.67 Å². The van der Waals surface area contributed by atoms with Gasteiger partial charge in [0.2, 0.25) is 0 Å². The van der Waals surface area contributed by atoms with Crippen molar-refractivity contribution in [1.82, 2.24) is 4.09 Å². The molecule has 0 aliphatic heterocycles. The summed E-state index contributed by atoms with van der Waals surface area (Å²) in [5, 5.41) is 10.8. The van der Waals surface area contributed by atoms with Crippen molar-refractivity contribution in [1.29, 1.82) is 0 Å². The number of nitrogens with zero attached hydrogens (tertiary/aromatic N) is 1. The lowest BCUT2D eigenvalue weighted by atomic mass is 10.2. The molecule has 136 valence electrons. The number of aromatic hydroxyl groups is 1. The molecule has 3 aromatic carbocycles. The number of hydrogen-bond donors (Lipinski definition) is 1. The Morgan fingerprint density at radius 2 is 1.37 bits per heavy atom. The zero-order chi connectivity index (χ0) is 18.9. The van der Waals surface area contributed by atoms with Gasteiger partial charge in [0.05, 0.1) is 11.0 Å². The Hall–Kier alpha value is -2.48. The standard InChI is InChI=1S/C22H19ClNO2P/c23-24-20-12-7-13-21(25)19(20)14-22(24)27(26,15-17-8-3-1-4-9-17)16-18-10-5-2-6-11-18/h1-14,25H,15-16H2. The first kappa shape index (κ1) is 17.9. The van der Waals surface area contributed by atoms with Crippen molar-refractivity contribution in [2.24, 2.45) is 0 Å². The highest BCUT2D eigenvalue weighted by Crippen LogP contribution is 2.52. The minimum Gasteiger partial charge on any atom is -0.507 e. The van der Waals surface area contributed by atoms with Crippen LogP contribution in [0.4, 0.5) is 0 Å². The van der Waals surface area contributed by atoms with E-state index in [1.165, 1.54) is 4.09 Å². The maximum absolute atomic E-state index is 14.3. The van der Waals surface area contributed by atoms with E-state index in [-0.39, 0.29) is 5.75 Å². The molecule has 0 saturated carbocycles. The fourth-order valence-corrected chi connectivity index (χ4v) is 6.86. The molecule has 0 amide bonds. The van der Waals surface area contributed by atoms with Crippen molar-refractivity contribution in [3.8, 4) is 5.75 Å². The molecule has 1 N–H and O–H groups in total. The highest BCUT2D eigenvalue weighted by atomic mass is 35.5. The molecular weight excluding hydrogens is 377 g/mol. The summed E-state index contributed by atoms with van der Waals surface area (Å²) in [5.74, 6) is 0.138. The van der Waals surface area contributed by atoms with Gasteiger partial charge in [-0.2, -0.15) is 0 Å². The third-order valence-corrected chi connectivity index (χ3v) is 8.12. The van der Waals surface area contributed by atoms with Gasteiger partial charge in [-0.25, -0.2) is 4.09 Å². The molecule has 27 heavy (non-hydrogen) atoms. The SMILES string of the molecule is O=P(Cc1ccccc1)(Cc1ccccc1)c1cc2c(O)cccc2n1Cl. The molecule has 0 saturated heterocycles. The lowest BCUT2D eigenvalue weighted by Gasteiger charge is -2.19. The van der Waals surface area contributed by atoms with Crippen molar-refractivity contribution in [3.63, 3.8) is 0 Å². The zero-order valence-electron chi connectivity index (χ0n) is 14.6. The van der Waals surface area contributed by atoms with Crippen LogP contribution in [0.2, 0.25) is 0 Å². The topological polar surface area (TPSA) is 42.2 Å². The molecule has 4 aromatic rings. The van der Waals surface area contributed by atoms with E-state index >= 15 is 0 Å². The fraction of sp³-hybridized carbons (Fsp3) is 0.0909. The van der Waals surface area contributed by atoms with Gasteiger partial charge in [-0.15, -0.1) is 0 Å². The Morgan fingerprint density at radius 1 is 0.815 bits per heavy atom. The molecule has 0 radical (unpaired) electrons. The molecule has 0 bridgehead atoms. The third-order valence-electron chi connectivity index (χ3n) is 4.73. The normalized spacial score (nSPS) is 11.7. The van der Waals surface area contributed by atoms with Crippen LogP contribution in [0.15, 0.2) is 84.9 Å². The highest BCUT2D eigenvalue weighted by molar-refractivity contribution is 7.70. The van der Waals surface area contributed by atoms with Gasteiger partial charge in [-0.05, 0) is 29.3 Å². The van der Waals surface area contributed by atoms with E-state index in [2.05, 4.69) is 0 Å². The number of rotatable bonds is 5. The van der Waals surface area contributed by atoms with E-state index in [1.54, 1.807) is 18.2 Å². The third kappa shape index (κ3) is 3.53.